The number of aromatic nitrogens is 1. The fraction of sp³-hybridized carbons (Fsp3) is 0.300. The Balaban J connectivity index is 1.72. The Bertz CT molecular complexity index is 863. The number of carbonyl (C=O) groups is 3. The van der Waals surface area contributed by atoms with Crippen molar-refractivity contribution in [2.75, 3.05) is 18.5 Å². The van der Waals surface area contributed by atoms with Crippen LogP contribution in [0.3, 0.4) is 0 Å². The third kappa shape index (κ3) is 4.92. The summed E-state index contributed by atoms with van der Waals surface area (Å²) in [6.07, 6.45) is 3.72. The quantitative estimate of drug-likeness (QED) is 0.703. The second kappa shape index (κ2) is 8.62. The molecule has 0 spiro atoms. The van der Waals surface area contributed by atoms with Crippen LogP contribution in [0.15, 0.2) is 48.8 Å². The highest BCUT2D eigenvalue weighted by atomic mass is 16.5. The molecule has 0 atom stereocenters. The molecule has 8 nitrogen and oxygen atoms in total. The zero-order chi connectivity index (χ0) is 20.0. The van der Waals surface area contributed by atoms with E-state index in [9.17, 15) is 19.5 Å². The summed E-state index contributed by atoms with van der Waals surface area (Å²) >= 11 is 0. The van der Waals surface area contributed by atoms with Crippen molar-refractivity contribution in [2.24, 2.45) is 0 Å². The maximum atomic E-state index is 12.7. The number of ether oxygens (including phenoxy) is 1. The number of carboxylic acid groups (broad SMARTS) is 1. The van der Waals surface area contributed by atoms with Gasteiger partial charge in [-0.05, 0) is 43.2 Å². The van der Waals surface area contributed by atoms with Gasteiger partial charge in [-0.15, -0.1) is 0 Å². The summed E-state index contributed by atoms with van der Waals surface area (Å²) in [5.41, 5.74) is 0.358. The van der Waals surface area contributed by atoms with E-state index in [1.165, 1.54) is 6.20 Å². The van der Waals surface area contributed by atoms with Gasteiger partial charge in [-0.25, -0.2) is 0 Å². The number of nitrogens with one attached hydrogen (secondary N) is 2. The molecule has 1 fully saturated rings. The highest BCUT2D eigenvalue weighted by molar-refractivity contribution is 6.05. The first-order valence-electron chi connectivity index (χ1n) is 8.91. The molecule has 146 valence electrons. The number of carboxylic acids is 1. The first-order valence-corrected chi connectivity index (χ1v) is 8.91. The van der Waals surface area contributed by atoms with Gasteiger partial charge in [-0.2, -0.15) is 0 Å². The topological polar surface area (TPSA) is 118 Å². The molecule has 0 saturated carbocycles. The highest BCUT2D eigenvalue weighted by Crippen LogP contribution is 2.25. The zero-order valence-corrected chi connectivity index (χ0v) is 15.2. The van der Waals surface area contributed by atoms with Gasteiger partial charge in [-0.1, -0.05) is 6.07 Å². The second-order valence-corrected chi connectivity index (χ2v) is 6.69. The van der Waals surface area contributed by atoms with E-state index in [1.807, 2.05) is 0 Å². The van der Waals surface area contributed by atoms with Gasteiger partial charge < -0.3 is 20.5 Å². The minimum absolute atomic E-state index is 0.167. The molecule has 1 aromatic heterocycles. The molecule has 3 N–H and O–H groups in total. The zero-order valence-electron chi connectivity index (χ0n) is 15.2. The fourth-order valence-electron chi connectivity index (χ4n) is 3.15. The number of nitrogens with zero attached hydrogens (tertiary/aromatic N) is 1. The molecule has 0 bridgehead atoms. The predicted octanol–water partition coefficient (Wildman–Crippen LogP) is 2.09. The van der Waals surface area contributed by atoms with E-state index < -0.39 is 11.5 Å². The van der Waals surface area contributed by atoms with Crippen LogP contribution in [0.5, 0.6) is 0 Å². The van der Waals surface area contributed by atoms with Crippen LogP contribution in [-0.2, 0) is 9.53 Å². The highest BCUT2D eigenvalue weighted by Gasteiger charge is 2.36. The molecule has 8 heteroatoms. The first-order chi connectivity index (χ1) is 13.5. The molecule has 0 unspecified atom stereocenters. The maximum Gasteiger partial charge on any atom is 0.305 e. The standard InChI is InChI=1S/C20H21N3O5/c24-17(25)12-20(6-9-28-10-7-20)23-19(27)14-3-1-5-16(11-14)22-18(26)15-4-2-8-21-13-15/h1-5,8,11,13H,6-7,9-10,12H2,(H,22,26)(H,23,27)(H,24,25). The van der Waals surface area contributed by atoms with Crippen molar-refractivity contribution in [3.63, 3.8) is 0 Å². The molecule has 1 aromatic carbocycles. The summed E-state index contributed by atoms with van der Waals surface area (Å²) in [6.45, 7) is 0.795. The molecule has 0 radical (unpaired) electrons. The Hall–Kier alpha value is -3.26. The third-order valence-electron chi connectivity index (χ3n) is 4.62. The van der Waals surface area contributed by atoms with Gasteiger partial charge >= 0.3 is 5.97 Å². The monoisotopic (exact) mass is 383 g/mol. The van der Waals surface area contributed by atoms with Crippen molar-refractivity contribution in [1.29, 1.82) is 0 Å². The molecule has 1 aliphatic heterocycles. The van der Waals surface area contributed by atoms with Crippen LogP contribution in [0.1, 0.15) is 40.0 Å². The second-order valence-electron chi connectivity index (χ2n) is 6.69. The van der Waals surface area contributed by atoms with Crippen molar-refractivity contribution in [3.8, 4) is 0 Å². The van der Waals surface area contributed by atoms with Crippen molar-refractivity contribution >= 4 is 23.5 Å². The molecular formula is C20H21N3O5. The lowest BCUT2D eigenvalue weighted by Crippen LogP contribution is -2.53. The summed E-state index contributed by atoms with van der Waals surface area (Å²) < 4.78 is 5.30. The minimum atomic E-state index is -0.973. The van der Waals surface area contributed by atoms with Crippen molar-refractivity contribution in [3.05, 3.63) is 59.9 Å². The van der Waals surface area contributed by atoms with Gasteiger partial charge in [0.2, 0.25) is 0 Å². The average Bonchev–Trinajstić information content (AvgIpc) is 2.69. The Morgan fingerprint density at radius 2 is 1.82 bits per heavy atom. The number of pyridine rings is 1. The van der Waals surface area contributed by atoms with E-state index in [-0.39, 0.29) is 18.2 Å². The average molecular weight is 383 g/mol. The Kier molecular flexibility index (Phi) is 6.00. The molecule has 3 rings (SSSR count). The van der Waals surface area contributed by atoms with Crippen molar-refractivity contribution < 1.29 is 24.2 Å². The number of rotatable bonds is 6. The molecule has 1 aliphatic rings. The lowest BCUT2D eigenvalue weighted by atomic mass is 9.86. The van der Waals surface area contributed by atoms with Gasteiger partial charge in [0.1, 0.15) is 0 Å². The van der Waals surface area contributed by atoms with E-state index in [0.29, 0.717) is 42.9 Å². The van der Waals surface area contributed by atoms with Gasteiger partial charge in [0, 0.05) is 36.9 Å². The summed E-state index contributed by atoms with van der Waals surface area (Å²) in [5, 5.41) is 14.8. The summed E-state index contributed by atoms with van der Waals surface area (Å²) in [5.74, 6) is -1.70. The van der Waals surface area contributed by atoms with Gasteiger partial charge in [0.05, 0.1) is 17.5 Å². The molecule has 1 saturated heterocycles. The smallest absolute Gasteiger partial charge is 0.305 e. The largest absolute Gasteiger partial charge is 0.481 e. The van der Waals surface area contributed by atoms with Crippen LogP contribution in [-0.4, -0.2) is 46.6 Å². The lowest BCUT2D eigenvalue weighted by Gasteiger charge is -2.36. The van der Waals surface area contributed by atoms with Gasteiger partial charge in [0.15, 0.2) is 0 Å². The summed E-state index contributed by atoms with van der Waals surface area (Å²) in [7, 11) is 0. The predicted molar refractivity (Wildman–Crippen MR) is 101 cm³/mol. The van der Waals surface area contributed by atoms with E-state index >= 15 is 0 Å². The van der Waals surface area contributed by atoms with Crippen LogP contribution in [0, 0.1) is 0 Å². The van der Waals surface area contributed by atoms with E-state index in [0.717, 1.165) is 0 Å². The number of amides is 2. The number of hydrogen-bond acceptors (Lipinski definition) is 5. The SMILES string of the molecule is O=C(O)CC1(NC(=O)c2cccc(NC(=O)c3cccnc3)c2)CCOCC1. The van der Waals surface area contributed by atoms with Crippen LogP contribution in [0.4, 0.5) is 5.69 Å². The van der Waals surface area contributed by atoms with Crippen LogP contribution in [0.25, 0.3) is 0 Å². The first kappa shape index (κ1) is 19.5. The van der Waals surface area contributed by atoms with Gasteiger partial charge in [0.25, 0.3) is 11.8 Å². The fourth-order valence-corrected chi connectivity index (χ4v) is 3.15. The number of benzene rings is 1. The van der Waals surface area contributed by atoms with Crippen LogP contribution in [0.2, 0.25) is 0 Å². The van der Waals surface area contributed by atoms with E-state index in [1.54, 1.807) is 42.6 Å². The normalized spacial score (nSPS) is 15.4. The van der Waals surface area contributed by atoms with Crippen LogP contribution < -0.4 is 10.6 Å². The van der Waals surface area contributed by atoms with Crippen LogP contribution >= 0.6 is 0 Å². The lowest BCUT2D eigenvalue weighted by molar-refractivity contribution is -0.139. The molecule has 0 aliphatic carbocycles. The summed E-state index contributed by atoms with van der Waals surface area (Å²) in [4.78, 5) is 40.2. The number of carbonyl (C=O) groups excluding carboxylic acids is 2. The third-order valence-corrected chi connectivity index (χ3v) is 4.62. The molecule has 28 heavy (non-hydrogen) atoms. The molecule has 2 amide bonds. The molecular weight excluding hydrogens is 362 g/mol. The van der Waals surface area contributed by atoms with E-state index in [2.05, 4.69) is 15.6 Å². The Morgan fingerprint density at radius 1 is 1.07 bits per heavy atom. The number of anilines is 1. The Labute approximate surface area is 161 Å². The molecule has 2 heterocycles. The number of aliphatic carboxylic acids is 1. The van der Waals surface area contributed by atoms with E-state index in [4.69, 9.17) is 4.74 Å². The molecule has 2 aromatic rings. The maximum absolute atomic E-state index is 12.7. The number of hydrogen-bond donors (Lipinski definition) is 3. The Morgan fingerprint density at radius 3 is 2.50 bits per heavy atom. The van der Waals surface area contributed by atoms with Gasteiger partial charge in [-0.3, -0.25) is 19.4 Å². The summed E-state index contributed by atoms with van der Waals surface area (Å²) in [6, 6.07) is 9.79. The van der Waals surface area contributed by atoms with Crippen molar-refractivity contribution in [2.45, 2.75) is 24.8 Å². The van der Waals surface area contributed by atoms with Crippen molar-refractivity contribution in [1.82, 2.24) is 10.3 Å². The minimum Gasteiger partial charge on any atom is -0.481 e.